The molecule has 0 spiro atoms. The van der Waals surface area contributed by atoms with Crippen molar-refractivity contribution in [1.29, 1.82) is 0 Å². The second kappa shape index (κ2) is 2.84. The molecule has 2 nitrogen and oxygen atoms in total. The summed E-state index contributed by atoms with van der Waals surface area (Å²) in [6, 6.07) is 0. The SMILES string of the molecule is CC(C)(C)C(=O)P(=O)(Cl)Cl. The molecular formula is C5H9Cl2O2P. The predicted octanol–water partition coefficient (Wildman–Crippen LogP) is 3.23. The first kappa shape index (κ1) is 10.5. The van der Waals surface area contributed by atoms with Gasteiger partial charge in [-0.05, 0) is 22.5 Å². The Labute approximate surface area is 69.8 Å². The molecule has 0 aromatic carbocycles. The van der Waals surface area contributed by atoms with Crippen molar-refractivity contribution in [3.63, 3.8) is 0 Å². The van der Waals surface area contributed by atoms with Gasteiger partial charge in [0.25, 0.3) is 0 Å². The molecule has 0 aromatic rings. The third kappa shape index (κ3) is 3.05. The molecule has 0 saturated carbocycles. The minimum atomic E-state index is -3.57. The van der Waals surface area contributed by atoms with E-state index >= 15 is 0 Å². The maximum Gasteiger partial charge on any atom is 0.316 e. The normalized spacial score (nSPS) is 13.3. The maximum absolute atomic E-state index is 11.0. The summed E-state index contributed by atoms with van der Waals surface area (Å²) >= 11 is 10.3. The number of carbonyl (C=O) groups is 1. The van der Waals surface area contributed by atoms with E-state index in [0.29, 0.717) is 0 Å². The van der Waals surface area contributed by atoms with Crippen LogP contribution < -0.4 is 0 Å². The van der Waals surface area contributed by atoms with E-state index in [-0.39, 0.29) is 0 Å². The van der Waals surface area contributed by atoms with E-state index in [2.05, 4.69) is 0 Å². The van der Waals surface area contributed by atoms with Crippen LogP contribution in [-0.4, -0.2) is 5.52 Å². The van der Waals surface area contributed by atoms with E-state index in [9.17, 15) is 9.36 Å². The molecule has 0 amide bonds. The fraction of sp³-hybridized carbons (Fsp3) is 0.800. The van der Waals surface area contributed by atoms with Crippen molar-refractivity contribution in [1.82, 2.24) is 0 Å². The standard InChI is InChI=1S/C5H9Cl2O2P/c1-5(2,3)4(8)10(6,7)9/h1-3H3. The van der Waals surface area contributed by atoms with Gasteiger partial charge in [-0.2, -0.15) is 0 Å². The summed E-state index contributed by atoms with van der Waals surface area (Å²) in [5.41, 5.74) is -1.32. The summed E-state index contributed by atoms with van der Waals surface area (Å²) in [6.07, 6.45) is 0. The van der Waals surface area contributed by atoms with Crippen LogP contribution in [0.3, 0.4) is 0 Å². The summed E-state index contributed by atoms with van der Waals surface area (Å²) in [5, 5.41) is 0. The largest absolute Gasteiger partial charge is 0.316 e. The molecule has 0 radical (unpaired) electrons. The van der Waals surface area contributed by atoms with E-state index in [0.717, 1.165) is 0 Å². The second-order valence-electron chi connectivity index (χ2n) is 3.02. The summed E-state index contributed by atoms with van der Waals surface area (Å²) in [4.78, 5) is 11.0. The molecule has 0 fully saturated rings. The van der Waals surface area contributed by atoms with Crippen molar-refractivity contribution >= 4 is 33.9 Å². The van der Waals surface area contributed by atoms with Gasteiger partial charge in [-0.1, -0.05) is 20.8 Å². The zero-order chi connectivity index (χ0) is 8.58. The molecule has 60 valence electrons. The molecular weight excluding hydrogens is 194 g/mol. The number of carbonyl (C=O) groups excluding carboxylic acids is 1. The van der Waals surface area contributed by atoms with Crippen molar-refractivity contribution < 1.29 is 9.36 Å². The average Bonchev–Trinajstić information content (AvgIpc) is 1.59. The number of hydrogen-bond acceptors (Lipinski definition) is 2. The zero-order valence-electron chi connectivity index (χ0n) is 6.02. The van der Waals surface area contributed by atoms with Gasteiger partial charge in [0.15, 0.2) is 0 Å². The van der Waals surface area contributed by atoms with Crippen molar-refractivity contribution in [3.05, 3.63) is 0 Å². The average molecular weight is 203 g/mol. The van der Waals surface area contributed by atoms with Crippen LogP contribution in [0.1, 0.15) is 20.8 Å². The minimum Gasteiger partial charge on any atom is -0.288 e. The third-order valence-corrected chi connectivity index (χ3v) is 2.94. The lowest BCUT2D eigenvalue weighted by atomic mass is 10.00. The molecule has 0 unspecified atom stereocenters. The smallest absolute Gasteiger partial charge is 0.288 e. The van der Waals surface area contributed by atoms with Gasteiger partial charge in [0.05, 0.1) is 0 Å². The maximum atomic E-state index is 11.0. The first-order chi connectivity index (χ1) is 4.15. The molecule has 0 rings (SSSR count). The van der Waals surface area contributed by atoms with Crippen LogP contribution in [0.15, 0.2) is 0 Å². The van der Waals surface area contributed by atoms with Gasteiger partial charge in [0, 0.05) is 5.41 Å². The van der Waals surface area contributed by atoms with Crippen molar-refractivity contribution in [2.24, 2.45) is 5.41 Å². The quantitative estimate of drug-likeness (QED) is 0.613. The first-order valence-corrected chi connectivity index (χ1v) is 6.22. The lowest BCUT2D eigenvalue weighted by Gasteiger charge is -2.15. The van der Waals surface area contributed by atoms with Gasteiger partial charge in [0.1, 0.15) is 0 Å². The lowest BCUT2D eigenvalue weighted by molar-refractivity contribution is -0.118. The van der Waals surface area contributed by atoms with Crippen molar-refractivity contribution in [2.75, 3.05) is 0 Å². The van der Waals surface area contributed by atoms with Crippen LogP contribution in [0.5, 0.6) is 0 Å². The molecule has 10 heavy (non-hydrogen) atoms. The lowest BCUT2D eigenvalue weighted by Crippen LogP contribution is -2.16. The van der Waals surface area contributed by atoms with Gasteiger partial charge >= 0.3 is 5.85 Å². The Kier molecular flexibility index (Phi) is 2.98. The van der Waals surface area contributed by atoms with Crippen LogP contribution in [0.25, 0.3) is 0 Å². The molecule has 0 heterocycles. The van der Waals surface area contributed by atoms with Crippen LogP contribution in [0.2, 0.25) is 0 Å². The van der Waals surface area contributed by atoms with E-state index in [1.54, 1.807) is 20.8 Å². The Hall–Kier alpha value is 0.480. The molecule has 0 aliphatic carbocycles. The summed E-state index contributed by atoms with van der Waals surface area (Å²) < 4.78 is 10.7. The topological polar surface area (TPSA) is 34.1 Å². The van der Waals surface area contributed by atoms with Crippen molar-refractivity contribution in [3.8, 4) is 0 Å². The van der Waals surface area contributed by atoms with Crippen LogP contribution in [0.4, 0.5) is 0 Å². The van der Waals surface area contributed by atoms with E-state index in [1.165, 1.54) is 0 Å². The number of hydrogen-bond donors (Lipinski definition) is 0. The van der Waals surface area contributed by atoms with E-state index in [4.69, 9.17) is 22.5 Å². The number of halogens is 2. The fourth-order valence-electron chi connectivity index (χ4n) is 0.390. The Balaban J connectivity index is 4.57. The Morgan fingerprint density at radius 3 is 1.60 bits per heavy atom. The number of rotatable bonds is 1. The molecule has 0 N–H and O–H groups in total. The Bertz CT molecular complexity index is 188. The zero-order valence-corrected chi connectivity index (χ0v) is 8.43. The molecule has 0 aliphatic rings. The minimum absolute atomic E-state index is 0.594. The molecule has 0 saturated heterocycles. The van der Waals surface area contributed by atoms with E-state index in [1.807, 2.05) is 0 Å². The summed E-state index contributed by atoms with van der Waals surface area (Å²) in [7, 11) is 0. The van der Waals surface area contributed by atoms with Crippen molar-refractivity contribution in [2.45, 2.75) is 20.8 Å². The molecule has 0 aromatic heterocycles. The van der Waals surface area contributed by atoms with E-state index < -0.39 is 16.8 Å². The van der Waals surface area contributed by atoms with Crippen LogP contribution >= 0.6 is 28.3 Å². The molecule has 0 bridgehead atoms. The first-order valence-electron chi connectivity index (χ1n) is 2.70. The summed E-state index contributed by atoms with van der Waals surface area (Å²) in [5.74, 6) is -3.57. The highest BCUT2D eigenvalue weighted by molar-refractivity contribution is 8.19. The van der Waals surface area contributed by atoms with Crippen LogP contribution in [-0.2, 0) is 9.36 Å². The highest BCUT2D eigenvalue weighted by atomic mass is 35.9. The fourth-order valence-corrected chi connectivity index (χ4v) is 2.69. The third-order valence-electron chi connectivity index (χ3n) is 0.878. The van der Waals surface area contributed by atoms with Gasteiger partial charge in [-0.3, -0.25) is 9.36 Å². The Morgan fingerprint density at radius 1 is 1.30 bits per heavy atom. The monoisotopic (exact) mass is 202 g/mol. The van der Waals surface area contributed by atoms with Gasteiger partial charge < -0.3 is 0 Å². The molecule has 0 atom stereocenters. The molecule has 0 aliphatic heterocycles. The highest BCUT2D eigenvalue weighted by Gasteiger charge is 2.35. The second-order valence-corrected chi connectivity index (χ2v) is 7.72. The molecule has 5 heteroatoms. The van der Waals surface area contributed by atoms with Gasteiger partial charge in [-0.15, -0.1) is 0 Å². The predicted molar refractivity (Wildman–Crippen MR) is 43.8 cm³/mol. The van der Waals surface area contributed by atoms with Crippen LogP contribution in [0, 0.1) is 5.41 Å². The highest BCUT2D eigenvalue weighted by Crippen LogP contribution is 2.60. The summed E-state index contributed by atoms with van der Waals surface area (Å²) in [6.45, 7) is 4.85. The Morgan fingerprint density at radius 2 is 1.60 bits per heavy atom. The van der Waals surface area contributed by atoms with Gasteiger partial charge in [-0.25, -0.2) is 0 Å². The van der Waals surface area contributed by atoms with Gasteiger partial charge in [0.2, 0.25) is 5.52 Å².